The Kier molecular flexibility index (Phi) is 5.42. The number of carbonyl (C=O) groups excluding carboxylic acids is 1. The summed E-state index contributed by atoms with van der Waals surface area (Å²) in [5.41, 5.74) is 2.77. The molecule has 0 aliphatic carbocycles. The molecule has 0 atom stereocenters. The molecule has 1 saturated heterocycles. The van der Waals surface area contributed by atoms with Crippen LogP contribution in [0.2, 0.25) is 0 Å². The molecule has 0 bridgehead atoms. The molecule has 29 heavy (non-hydrogen) atoms. The number of benzene rings is 2. The first-order valence-electron chi connectivity index (χ1n) is 9.84. The van der Waals surface area contributed by atoms with Gasteiger partial charge in [-0.15, -0.1) is 0 Å². The van der Waals surface area contributed by atoms with E-state index in [1.165, 1.54) is 12.8 Å². The second-order valence-corrected chi connectivity index (χ2v) is 7.16. The third kappa shape index (κ3) is 4.37. The van der Waals surface area contributed by atoms with Crippen molar-refractivity contribution in [2.75, 3.05) is 23.3 Å². The number of hydrogen-bond acceptors (Lipinski definition) is 5. The molecule has 0 unspecified atom stereocenters. The Hall–Kier alpha value is -3.41. The van der Waals surface area contributed by atoms with Crippen LogP contribution < -0.4 is 15.0 Å². The molecule has 0 spiro atoms. The minimum atomic E-state index is -0.194. The Morgan fingerprint density at radius 3 is 2.10 bits per heavy atom. The van der Waals surface area contributed by atoms with Gasteiger partial charge in [0.1, 0.15) is 11.5 Å². The quantitative estimate of drug-likeness (QED) is 0.684. The van der Waals surface area contributed by atoms with Crippen LogP contribution in [0.4, 0.5) is 11.6 Å². The summed E-state index contributed by atoms with van der Waals surface area (Å²) >= 11 is 0. The zero-order valence-corrected chi connectivity index (χ0v) is 16.7. The summed E-state index contributed by atoms with van der Waals surface area (Å²) in [6.45, 7) is 5.78. The van der Waals surface area contributed by atoms with Gasteiger partial charge in [-0.3, -0.25) is 4.79 Å². The SMILES string of the molecule is Cc1nc(N2CCCC2)nc(C)c1NC(=O)c1ccc(Oc2ccccc2)cc1. The molecule has 1 fully saturated rings. The van der Waals surface area contributed by atoms with Gasteiger partial charge in [0.15, 0.2) is 0 Å². The number of aryl methyl sites for hydroxylation is 2. The van der Waals surface area contributed by atoms with Gasteiger partial charge in [0.25, 0.3) is 5.91 Å². The monoisotopic (exact) mass is 388 g/mol. The molecule has 6 nitrogen and oxygen atoms in total. The zero-order chi connectivity index (χ0) is 20.2. The normalized spacial score (nSPS) is 13.4. The number of nitrogens with one attached hydrogen (secondary N) is 1. The molecule has 0 saturated carbocycles. The van der Waals surface area contributed by atoms with E-state index >= 15 is 0 Å². The number of para-hydroxylation sites is 1. The van der Waals surface area contributed by atoms with E-state index in [0.717, 1.165) is 36.2 Å². The summed E-state index contributed by atoms with van der Waals surface area (Å²) in [5.74, 6) is 1.99. The summed E-state index contributed by atoms with van der Waals surface area (Å²) in [6, 6.07) is 16.6. The molecule has 1 aliphatic heterocycles. The van der Waals surface area contributed by atoms with Crippen LogP contribution in [0.1, 0.15) is 34.6 Å². The Morgan fingerprint density at radius 1 is 0.897 bits per heavy atom. The molecule has 148 valence electrons. The molecule has 2 aromatic carbocycles. The van der Waals surface area contributed by atoms with Crippen LogP contribution in [0.3, 0.4) is 0 Å². The first-order valence-corrected chi connectivity index (χ1v) is 9.84. The summed E-state index contributed by atoms with van der Waals surface area (Å²) in [4.78, 5) is 24.1. The fourth-order valence-electron chi connectivity index (χ4n) is 3.42. The molecule has 4 rings (SSSR count). The van der Waals surface area contributed by atoms with E-state index in [1.807, 2.05) is 44.2 Å². The Morgan fingerprint density at radius 2 is 1.48 bits per heavy atom. The fraction of sp³-hybridized carbons (Fsp3) is 0.261. The highest BCUT2D eigenvalue weighted by Gasteiger charge is 2.18. The van der Waals surface area contributed by atoms with Crippen molar-refractivity contribution in [2.24, 2.45) is 0 Å². The third-order valence-electron chi connectivity index (χ3n) is 4.98. The van der Waals surface area contributed by atoms with Gasteiger partial charge < -0.3 is 15.0 Å². The van der Waals surface area contributed by atoms with Crippen molar-refractivity contribution in [2.45, 2.75) is 26.7 Å². The van der Waals surface area contributed by atoms with Crippen LogP contribution in [-0.2, 0) is 0 Å². The maximum absolute atomic E-state index is 12.7. The molecule has 6 heteroatoms. The van der Waals surface area contributed by atoms with E-state index in [0.29, 0.717) is 17.0 Å². The van der Waals surface area contributed by atoms with Crippen molar-refractivity contribution in [1.82, 2.24) is 9.97 Å². The summed E-state index contributed by atoms with van der Waals surface area (Å²) in [7, 11) is 0. The van der Waals surface area contributed by atoms with Gasteiger partial charge in [0, 0.05) is 18.7 Å². The lowest BCUT2D eigenvalue weighted by Crippen LogP contribution is -2.22. The van der Waals surface area contributed by atoms with Crippen molar-refractivity contribution in [3.05, 3.63) is 71.5 Å². The van der Waals surface area contributed by atoms with Crippen LogP contribution in [0, 0.1) is 13.8 Å². The predicted molar refractivity (Wildman–Crippen MR) is 114 cm³/mol. The van der Waals surface area contributed by atoms with E-state index < -0.39 is 0 Å². The Balaban J connectivity index is 1.46. The van der Waals surface area contributed by atoms with Gasteiger partial charge in [-0.05, 0) is 63.1 Å². The number of rotatable bonds is 5. The second kappa shape index (κ2) is 8.31. The maximum atomic E-state index is 12.7. The smallest absolute Gasteiger partial charge is 0.255 e. The summed E-state index contributed by atoms with van der Waals surface area (Å²) < 4.78 is 5.78. The van der Waals surface area contributed by atoms with Crippen LogP contribution in [-0.4, -0.2) is 29.0 Å². The minimum Gasteiger partial charge on any atom is -0.457 e. The number of anilines is 2. The minimum absolute atomic E-state index is 0.194. The van der Waals surface area contributed by atoms with Gasteiger partial charge in [0.05, 0.1) is 17.1 Å². The second-order valence-electron chi connectivity index (χ2n) is 7.16. The molecule has 3 aromatic rings. The topological polar surface area (TPSA) is 67.4 Å². The highest BCUT2D eigenvalue weighted by Crippen LogP contribution is 2.24. The van der Waals surface area contributed by atoms with E-state index in [2.05, 4.69) is 20.2 Å². The number of aromatic nitrogens is 2. The van der Waals surface area contributed by atoms with Crippen molar-refractivity contribution in [3.63, 3.8) is 0 Å². The lowest BCUT2D eigenvalue weighted by Gasteiger charge is -2.18. The molecule has 2 heterocycles. The number of nitrogens with zero attached hydrogens (tertiary/aromatic N) is 3. The third-order valence-corrected chi connectivity index (χ3v) is 4.98. The number of hydrogen-bond donors (Lipinski definition) is 1. The molecule has 1 amide bonds. The molecular formula is C23H24N4O2. The number of carbonyl (C=O) groups is 1. The van der Waals surface area contributed by atoms with E-state index in [4.69, 9.17) is 4.74 Å². The Bertz CT molecular complexity index is 974. The highest BCUT2D eigenvalue weighted by atomic mass is 16.5. The zero-order valence-electron chi connectivity index (χ0n) is 16.7. The molecule has 1 aromatic heterocycles. The lowest BCUT2D eigenvalue weighted by atomic mass is 10.2. The summed E-state index contributed by atoms with van der Waals surface area (Å²) in [6.07, 6.45) is 2.34. The van der Waals surface area contributed by atoms with Gasteiger partial charge in [-0.2, -0.15) is 0 Å². The van der Waals surface area contributed by atoms with Gasteiger partial charge in [0.2, 0.25) is 5.95 Å². The standard InChI is InChI=1S/C23H24N4O2/c1-16-21(17(2)25-23(24-16)27-14-6-7-15-27)26-22(28)18-10-12-20(13-11-18)29-19-8-4-3-5-9-19/h3-5,8-13H,6-7,14-15H2,1-2H3,(H,26,28). The Labute approximate surface area is 170 Å². The van der Waals surface area contributed by atoms with E-state index in [-0.39, 0.29) is 5.91 Å². The predicted octanol–water partition coefficient (Wildman–Crippen LogP) is 4.74. The van der Waals surface area contributed by atoms with Crippen molar-refractivity contribution >= 4 is 17.5 Å². The molecular weight excluding hydrogens is 364 g/mol. The first-order chi connectivity index (χ1) is 14.1. The average Bonchev–Trinajstić information content (AvgIpc) is 3.27. The lowest BCUT2D eigenvalue weighted by molar-refractivity contribution is 0.102. The maximum Gasteiger partial charge on any atom is 0.255 e. The van der Waals surface area contributed by atoms with Crippen LogP contribution in [0.5, 0.6) is 11.5 Å². The molecule has 0 radical (unpaired) electrons. The average molecular weight is 388 g/mol. The largest absolute Gasteiger partial charge is 0.457 e. The van der Waals surface area contributed by atoms with Crippen molar-refractivity contribution in [3.8, 4) is 11.5 Å². The van der Waals surface area contributed by atoms with Gasteiger partial charge in [-0.1, -0.05) is 18.2 Å². The van der Waals surface area contributed by atoms with Crippen molar-refractivity contribution < 1.29 is 9.53 Å². The molecule has 1 aliphatic rings. The van der Waals surface area contributed by atoms with Gasteiger partial charge >= 0.3 is 0 Å². The summed E-state index contributed by atoms with van der Waals surface area (Å²) in [5, 5.41) is 2.96. The van der Waals surface area contributed by atoms with E-state index in [9.17, 15) is 4.79 Å². The van der Waals surface area contributed by atoms with Crippen LogP contribution in [0.25, 0.3) is 0 Å². The highest BCUT2D eigenvalue weighted by molar-refractivity contribution is 6.04. The van der Waals surface area contributed by atoms with Crippen LogP contribution in [0.15, 0.2) is 54.6 Å². The van der Waals surface area contributed by atoms with Crippen molar-refractivity contribution in [1.29, 1.82) is 0 Å². The number of ether oxygens (including phenoxy) is 1. The first kappa shape index (κ1) is 18.9. The molecule has 1 N–H and O–H groups in total. The van der Waals surface area contributed by atoms with Crippen LogP contribution >= 0.6 is 0 Å². The fourth-order valence-corrected chi connectivity index (χ4v) is 3.42. The number of amides is 1. The van der Waals surface area contributed by atoms with Gasteiger partial charge in [-0.25, -0.2) is 9.97 Å². The van der Waals surface area contributed by atoms with E-state index in [1.54, 1.807) is 24.3 Å².